The number of carbonyl (C=O) groups excluding carboxylic acids is 1. The molecule has 0 aliphatic carbocycles. The summed E-state index contributed by atoms with van der Waals surface area (Å²) in [6.07, 6.45) is 0.598. The molecule has 60 valence electrons. The van der Waals surface area contributed by atoms with Gasteiger partial charge in [-0.2, -0.15) is 0 Å². The Morgan fingerprint density at radius 1 is 1.50 bits per heavy atom. The topological polar surface area (TPSA) is 26.3 Å². The summed E-state index contributed by atoms with van der Waals surface area (Å²) in [5, 5.41) is 0. The molecule has 2 nitrogen and oxygen atoms in total. The van der Waals surface area contributed by atoms with E-state index in [1.807, 2.05) is 13.8 Å². The number of methoxy groups -OCH3 is 1. The summed E-state index contributed by atoms with van der Waals surface area (Å²) in [6.45, 7) is 6.31. The van der Waals surface area contributed by atoms with Gasteiger partial charge in [0, 0.05) is 13.5 Å². The van der Waals surface area contributed by atoms with E-state index in [0.29, 0.717) is 13.0 Å². The number of carbonyl (C=O) groups is 1. The lowest BCUT2D eigenvalue weighted by Gasteiger charge is -2.21. The van der Waals surface area contributed by atoms with Crippen LogP contribution in [0, 0.1) is 5.41 Å². The third-order valence-corrected chi connectivity index (χ3v) is 1.26. The van der Waals surface area contributed by atoms with E-state index in [0.717, 1.165) is 0 Å². The van der Waals surface area contributed by atoms with Gasteiger partial charge in [0.1, 0.15) is 5.78 Å². The van der Waals surface area contributed by atoms with Crippen molar-refractivity contribution in [3.05, 3.63) is 0 Å². The second-order valence-electron chi connectivity index (χ2n) is 3.48. The summed E-state index contributed by atoms with van der Waals surface area (Å²) in [4.78, 5) is 10.7. The monoisotopic (exact) mass is 144 g/mol. The number of ketones is 1. The Morgan fingerprint density at radius 2 is 2.00 bits per heavy atom. The molecule has 0 bridgehead atoms. The minimum Gasteiger partial charge on any atom is -0.384 e. The zero-order valence-electron chi connectivity index (χ0n) is 7.23. The first-order valence-electron chi connectivity index (χ1n) is 3.46. The van der Waals surface area contributed by atoms with Crippen molar-refractivity contribution in [2.24, 2.45) is 5.41 Å². The molecule has 0 fully saturated rings. The van der Waals surface area contributed by atoms with E-state index in [-0.39, 0.29) is 11.2 Å². The van der Waals surface area contributed by atoms with Crippen molar-refractivity contribution < 1.29 is 9.53 Å². The van der Waals surface area contributed by atoms with Crippen molar-refractivity contribution in [3.63, 3.8) is 0 Å². The summed E-state index contributed by atoms with van der Waals surface area (Å²) in [5.74, 6) is 0.224. The Bertz CT molecular complexity index is 116. The molecule has 0 saturated heterocycles. The van der Waals surface area contributed by atoms with Crippen molar-refractivity contribution in [2.75, 3.05) is 13.7 Å². The average Bonchev–Trinajstić information content (AvgIpc) is 1.59. The fraction of sp³-hybridized carbons (Fsp3) is 0.875. The summed E-state index contributed by atoms with van der Waals surface area (Å²) in [6, 6.07) is 0. The quantitative estimate of drug-likeness (QED) is 0.599. The van der Waals surface area contributed by atoms with E-state index in [9.17, 15) is 4.79 Å². The van der Waals surface area contributed by atoms with Gasteiger partial charge in [-0.1, -0.05) is 13.8 Å². The van der Waals surface area contributed by atoms with Crippen molar-refractivity contribution in [3.8, 4) is 0 Å². The van der Waals surface area contributed by atoms with Crippen LogP contribution in [0.2, 0.25) is 0 Å². The highest BCUT2D eigenvalue weighted by Gasteiger charge is 2.19. The normalized spacial score (nSPS) is 11.6. The molecule has 2 heteroatoms. The maximum atomic E-state index is 10.7. The van der Waals surface area contributed by atoms with Crippen LogP contribution < -0.4 is 0 Å². The van der Waals surface area contributed by atoms with E-state index in [4.69, 9.17) is 4.74 Å². The van der Waals surface area contributed by atoms with Gasteiger partial charge in [0.25, 0.3) is 0 Å². The molecule has 0 aromatic carbocycles. The Balaban J connectivity index is 3.74. The summed E-state index contributed by atoms with van der Waals surface area (Å²) < 4.78 is 4.96. The molecule has 0 rings (SSSR count). The lowest BCUT2D eigenvalue weighted by Crippen LogP contribution is -2.21. The van der Waals surface area contributed by atoms with Crippen molar-refractivity contribution in [2.45, 2.75) is 27.2 Å². The summed E-state index contributed by atoms with van der Waals surface area (Å²) >= 11 is 0. The third-order valence-electron chi connectivity index (χ3n) is 1.26. The van der Waals surface area contributed by atoms with Crippen LogP contribution in [0.4, 0.5) is 0 Å². The molecule has 0 aliphatic rings. The largest absolute Gasteiger partial charge is 0.384 e. The maximum absolute atomic E-state index is 10.7. The van der Waals surface area contributed by atoms with Crippen LogP contribution in [0.25, 0.3) is 0 Å². The second kappa shape index (κ2) is 3.71. The predicted octanol–water partition coefficient (Wildman–Crippen LogP) is 1.64. The minimum atomic E-state index is 0.000579. The lowest BCUT2D eigenvalue weighted by molar-refractivity contribution is -0.119. The van der Waals surface area contributed by atoms with Crippen molar-refractivity contribution in [1.82, 2.24) is 0 Å². The standard InChI is InChI=1S/C8H16O2/c1-7(9)5-8(2,3)6-10-4/h5-6H2,1-4H3. The molecule has 10 heavy (non-hydrogen) atoms. The molecule has 0 aromatic rings. The molecule has 0 atom stereocenters. The zero-order valence-corrected chi connectivity index (χ0v) is 7.23. The van der Waals surface area contributed by atoms with Crippen LogP contribution in [0.3, 0.4) is 0 Å². The first-order chi connectivity index (χ1) is 4.48. The molecule has 0 amide bonds. The van der Waals surface area contributed by atoms with Crippen LogP contribution in [0.15, 0.2) is 0 Å². The SMILES string of the molecule is COCC(C)(C)CC(C)=O. The van der Waals surface area contributed by atoms with Crippen LogP contribution >= 0.6 is 0 Å². The summed E-state index contributed by atoms with van der Waals surface area (Å²) in [7, 11) is 1.65. The number of Topliss-reactive ketones (excluding diaryl/α,β-unsaturated/α-hetero) is 1. The minimum absolute atomic E-state index is 0.000579. The molecule has 0 saturated carbocycles. The van der Waals surface area contributed by atoms with Crippen LogP contribution in [0.5, 0.6) is 0 Å². The van der Waals surface area contributed by atoms with E-state index in [1.165, 1.54) is 0 Å². The number of ether oxygens (including phenoxy) is 1. The molecule has 0 heterocycles. The Morgan fingerprint density at radius 3 is 2.30 bits per heavy atom. The van der Waals surface area contributed by atoms with Crippen LogP contribution in [-0.2, 0) is 9.53 Å². The fourth-order valence-corrected chi connectivity index (χ4v) is 1.12. The number of rotatable bonds is 4. The van der Waals surface area contributed by atoms with Crippen molar-refractivity contribution >= 4 is 5.78 Å². The molecule has 0 aliphatic heterocycles. The Kier molecular flexibility index (Phi) is 3.58. The Hall–Kier alpha value is -0.370. The average molecular weight is 144 g/mol. The highest BCUT2D eigenvalue weighted by atomic mass is 16.5. The van der Waals surface area contributed by atoms with Gasteiger partial charge < -0.3 is 9.53 Å². The highest BCUT2D eigenvalue weighted by molar-refractivity contribution is 5.76. The zero-order chi connectivity index (χ0) is 8.20. The molecule has 0 unspecified atom stereocenters. The Labute approximate surface area is 62.6 Å². The lowest BCUT2D eigenvalue weighted by atomic mass is 9.89. The first-order valence-corrected chi connectivity index (χ1v) is 3.46. The maximum Gasteiger partial charge on any atom is 0.130 e. The van der Waals surface area contributed by atoms with Crippen LogP contribution in [-0.4, -0.2) is 19.5 Å². The van der Waals surface area contributed by atoms with Gasteiger partial charge >= 0.3 is 0 Å². The van der Waals surface area contributed by atoms with Gasteiger partial charge in [0.2, 0.25) is 0 Å². The first kappa shape index (κ1) is 9.63. The van der Waals surface area contributed by atoms with Gasteiger partial charge in [-0.05, 0) is 12.3 Å². The molecule has 0 spiro atoms. The molecule has 0 radical (unpaired) electrons. The predicted molar refractivity (Wildman–Crippen MR) is 41.0 cm³/mol. The van der Waals surface area contributed by atoms with Gasteiger partial charge in [-0.25, -0.2) is 0 Å². The fourth-order valence-electron chi connectivity index (χ4n) is 1.12. The third kappa shape index (κ3) is 4.50. The van der Waals surface area contributed by atoms with Gasteiger partial charge in [0.15, 0.2) is 0 Å². The number of hydrogen-bond donors (Lipinski definition) is 0. The van der Waals surface area contributed by atoms with Gasteiger partial charge in [-0.3, -0.25) is 0 Å². The van der Waals surface area contributed by atoms with Gasteiger partial charge in [-0.15, -0.1) is 0 Å². The van der Waals surface area contributed by atoms with E-state index in [1.54, 1.807) is 14.0 Å². The number of hydrogen-bond acceptors (Lipinski definition) is 2. The second-order valence-corrected chi connectivity index (χ2v) is 3.48. The van der Waals surface area contributed by atoms with Crippen LogP contribution in [0.1, 0.15) is 27.2 Å². The van der Waals surface area contributed by atoms with Gasteiger partial charge in [0.05, 0.1) is 6.61 Å². The highest BCUT2D eigenvalue weighted by Crippen LogP contribution is 2.20. The summed E-state index contributed by atoms with van der Waals surface area (Å²) in [5.41, 5.74) is 0.000579. The van der Waals surface area contributed by atoms with E-state index in [2.05, 4.69) is 0 Å². The molecule has 0 N–H and O–H groups in total. The van der Waals surface area contributed by atoms with E-state index >= 15 is 0 Å². The van der Waals surface area contributed by atoms with Crippen molar-refractivity contribution in [1.29, 1.82) is 0 Å². The molecule has 0 aromatic heterocycles. The molecular formula is C8H16O2. The smallest absolute Gasteiger partial charge is 0.130 e. The van der Waals surface area contributed by atoms with E-state index < -0.39 is 0 Å². The molecular weight excluding hydrogens is 128 g/mol.